The molecule has 0 fully saturated rings. The van der Waals surface area contributed by atoms with Gasteiger partial charge in [-0.2, -0.15) is 16.7 Å². The van der Waals surface area contributed by atoms with Crippen LogP contribution < -0.4 is 10.6 Å². The van der Waals surface area contributed by atoms with Gasteiger partial charge < -0.3 is 10.6 Å². The number of nitrogens with zero attached hydrogens (tertiary/aromatic N) is 4. The summed E-state index contributed by atoms with van der Waals surface area (Å²) in [6.45, 7) is 2.05. The Morgan fingerprint density at radius 1 is 1.67 bits per heavy atom. The van der Waals surface area contributed by atoms with Crippen molar-refractivity contribution in [1.29, 1.82) is 0 Å². The number of aromatic nitrogens is 2. The standard InChI is InChI=1S/C10H17N5O2S/c1-7(4-5-18-3)14(2)10-12-6-8(15(16)17)9(11)13-10/h6-7H,4-5H2,1-3H3,(H2,11,12,13). The molecule has 0 aromatic carbocycles. The van der Waals surface area contributed by atoms with Gasteiger partial charge in [0.25, 0.3) is 0 Å². The molecule has 0 bridgehead atoms. The summed E-state index contributed by atoms with van der Waals surface area (Å²) in [6.07, 6.45) is 4.18. The van der Waals surface area contributed by atoms with E-state index < -0.39 is 4.92 Å². The van der Waals surface area contributed by atoms with Gasteiger partial charge in [-0.05, 0) is 25.4 Å². The van der Waals surface area contributed by atoms with Crippen molar-refractivity contribution in [3.05, 3.63) is 16.3 Å². The monoisotopic (exact) mass is 271 g/mol. The first-order chi connectivity index (χ1) is 8.47. The van der Waals surface area contributed by atoms with Crippen molar-refractivity contribution in [3.8, 4) is 0 Å². The Morgan fingerprint density at radius 2 is 2.33 bits per heavy atom. The minimum atomic E-state index is -0.587. The number of nitrogen functional groups attached to an aromatic ring is 1. The van der Waals surface area contributed by atoms with Gasteiger partial charge in [-0.15, -0.1) is 0 Å². The SMILES string of the molecule is CSCCC(C)N(C)c1ncc([N+](=O)[O-])c(N)n1. The van der Waals surface area contributed by atoms with E-state index in [4.69, 9.17) is 5.73 Å². The maximum absolute atomic E-state index is 10.6. The van der Waals surface area contributed by atoms with Crippen LogP contribution >= 0.6 is 11.8 Å². The van der Waals surface area contributed by atoms with Gasteiger partial charge in [0.15, 0.2) is 0 Å². The van der Waals surface area contributed by atoms with Crippen molar-refractivity contribution >= 4 is 29.2 Å². The molecule has 1 aromatic rings. The molecule has 0 aliphatic carbocycles. The molecule has 1 aromatic heterocycles. The van der Waals surface area contributed by atoms with Gasteiger partial charge in [-0.25, -0.2) is 4.98 Å². The molecule has 1 rings (SSSR count). The average Bonchev–Trinajstić information content (AvgIpc) is 2.34. The molecular weight excluding hydrogens is 254 g/mol. The largest absolute Gasteiger partial charge is 0.378 e. The topological polar surface area (TPSA) is 98.2 Å². The van der Waals surface area contributed by atoms with Crippen LogP contribution in [-0.2, 0) is 0 Å². The Hall–Kier alpha value is -1.57. The highest BCUT2D eigenvalue weighted by Crippen LogP contribution is 2.21. The third-order valence-corrected chi connectivity index (χ3v) is 3.34. The number of hydrogen-bond acceptors (Lipinski definition) is 7. The summed E-state index contributed by atoms with van der Waals surface area (Å²) in [5.41, 5.74) is 5.28. The van der Waals surface area contributed by atoms with Gasteiger partial charge in [0.05, 0.1) is 4.92 Å². The fourth-order valence-corrected chi connectivity index (χ4v) is 1.95. The van der Waals surface area contributed by atoms with Crippen LogP contribution in [0.4, 0.5) is 17.5 Å². The summed E-state index contributed by atoms with van der Waals surface area (Å²) >= 11 is 1.77. The predicted octanol–water partition coefficient (Wildman–Crippen LogP) is 1.54. The zero-order valence-corrected chi connectivity index (χ0v) is 11.5. The Kier molecular flexibility index (Phi) is 5.14. The van der Waals surface area contributed by atoms with E-state index >= 15 is 0 Å². The third kappa shape index (κ3) is 3.46. The van der Waals surface area contributed by atoms with Crippen LogP contribution in [0.3, 0.4) is 0 Å². The zero-order chi connectivity index (χ0) is 13.7. The van der Waals surface area contributed by atoms with Gasteiger partial charge in [0.2, 0.25) is 11.8 Å². The lowest BCUT2D eigenvalue weighted by Gasteiger charge is -2.24. The number of nitrogens with two attached hydrogens (primary N) is 1. The first-order valence-corrected chi connectivity index (χ1v) is 6.85. The Balaban J connectivity index is 2.83. The van der Waals surface area contributed by atoms with Crippen molar-refractivity contribution in [2.45, 2.75) is 19.4 Å². The lowest BCUT2D eigenvalue weighted by molar-refractivity contribution is -0.384. The van der Waals surface area contributed by atoms with Crippen molar-refractivity contribution in [2.24, 2.45) is 0 Å². The fraction of sp³-hybridized carbons (Fsp3) is 0.600. The van der Waals surface area contributed by atoms with Gasteiger partial charge in [0, 0.05) is 13.1 Å². The maximum Gasteiger partial charge on any atom is 0.329 e. The van der Waals surface area contributed by atoms with Gasteiger partial charge >= 0.3 is 5.69 Å². The van der Waals surface area contributed by atoms with Crippen LogP contribution in [0.1, 0.15) is 13.3 Å². The fourth-order valence-electron chi connectivity index (χ4n) is 1.37. The highest BCUT2D eigenvalue weighted by Gasteiger charge is 2.18. The Morgan fingerprint density at radius 3 is 2.83 bits per heavy atom. The number of hydrogen-bond donors (Lipinski definition) is 1. The molecule has 0 amide bonds. The van der Waals surface area contributed by atoms with Crippen molar-refractivity contribution in [2.75, 3.05) is 29.7 Å². The van der Waals surface area contributed by atoms with Crippen LogP contribution in [0.2, 0.25) is 0 Å². The molecule has 0 aliphatic rings. The molecule has 0 radical (unpaired) electrons. The van der Waals surface area contributed by atoms with E-state index in [0.29, 0.717) is 5.95 Å². The molecule has 8 heteroatoms. The predicted molar refractivity (Wildman–Crippen MR) is 74.0 cm³/mol. The van der Waals surface area contributed by atoms with Crippen LogP contribution in [0.15, 0.2) is 6.20 Å². The highest BCUT2D eigenvalue weighted by atomic mass is 32.2. The number of rotatable bonds is 6. The van der Waals surface area contributed by atoms with Crippen LogP contribution in [0.5, 0.6) is 0 Å². The van der Waals surface area contributed by atoms with E-state index in [9.17, 15) is 10.1 Å². The normalized spacial score (nSPS) is 12.2. The summed E-state index contributed by atoms with van der Waals surface area (Å²) in [5.74, 6) is 1.34. The lowest BCUT2D eigenvalue weighted by atomic mass is 10.2. The van der Waals surface area contributed by atoms with Crippen LogP contribution in [-0.4, -0.2) is 40.0 Å². The molecule has 0 saturated carbocycles. The van der Waals surface area contributed by atoms with Crippen LogP contribution in [0, 0.1) is 10.1 Å². The molecule has 1 heterocycles. The summed E-state index contributed by atoms with van der Waals surface area (Å²) in [4.78, 5) is 19.8. The van der Waals surface area contributed by atoms with E-state index in [1.165, 1.54) is 0 Å². The molecule has 1 unspecified atom stereocenters. The van der Waals surface area contributed by atoms with Gasteiger partial charge in [0.1, 0.15) is 6.20 Å². The van der Waals surface area contributed by atoms with E-state index in [2.05, 4.69) is 16.9 Å². The van der Waals surface area contributed by atoms with E-state index in [1.807, 2.05) is 18.2 Å². The number of nitro groups is 1. The van der Waals surface area contributed by atoms with E-state index in [1.54, 1.807) is 11.8 Å². The highest BCUT2D eigenvalue weighted by molar-refractivity contribution is 7.98. The maximum atomic E-state index is 10.6. The van der Waals surface area contributed by atoms with Crippen LogP contribution in [0.25, 0.3) is 0 Å². The third-order valence-electron chi connectivity index (χ3n) is 2.70. The van der Waals surface area contributed by atoms with Crippen molar-refractivity contribution in [3.63, 3.8) is 0 Å². The second kappa shape index (κ2) is 6.39. The minimum absolute atomic E-state index is 0.103. The van der Waals surface area contributed by atoms with Gasteiger partial charge in [-0.1, -0.05) is 0 Å². The molecule has 7 nitrogen and oxygen atoms in total. The first kappa shape index (κ1) is 14.5. The molecule has 1 atom stereocenters. The average molecular weight is 271 g/mol. The molecule has 100 valence electrons. The van der Waals surface area contributed by atoms with Gasteiger partial charge in [-0.3, -0.25) is 10.1 Å². The smallest absolute Gasteiger partial charge is 0.329 e. The molecule has 2 N–H and O–H groups in total. The second-order valence-corrected chi connectivity index (χ2v) is 4.92. The van der Waals surface area contributed by atoms with Crippen molar-refractivity contribution in [1.82, 2.24) is 9.97 Å². The Labute approximate surface area is 110 Å². The first-order valence-electron chi connectivity index (χ1n) is 5.46. The Bertz CT molecular complexity index is 429. The molecule has 18 heavy (non-hydrogen) atoms. The summed E-state index contributed by atoms with van der Waals surface area (Å²) < 4.78 is 0. The summed E-state index contributed by atoms with van der Waals surface area (Å²) in [5, 5.41) is 10.6. The summed E-state index contributed by atoms with van der Waals surface area (Å²) in [6, 6.07) is 0.248. The summed E-state index contributed by atoms with van der Waals surface area (Å²) in [7, 11) is 1.85. The molecular formula is C10H17N5O2S. The van der Waals surface area contributed by atoms with Crippen molar-refractivity contribution < 1.29 is 4.92 Å². The lowest BCUT2D eigenvalue weighted by Crippen LogP contribution is -2.31. The quantitative estimate of drug-likeness (QED) is 0.619. The molecule has 0 saturated heterocycles. The van der Waals surface area contributed by atoms with E-state index in [-0.39, 0.29) is 17.5 Å². The molecule has 0 spiro atoms. The second-order valence-electron chi connectivity index (χ2n) is 3.94. The zero-order valence-electron chi connectivity index (χ0n) is 10.7. The minimum Gasteiger partial charge on any atom is -0.378 e. The van der Waals surface area contributed by atoms with E-state index in [0.717, 1.165) is 18.4 Å². The molecule has 0 aliphatic heterocycles. The number of thioether (sulfide) groups is 1. The number of anilines is 2.